The van der Waals surface area contributed by atoms with Crippen LogP contribution in [-0.4, -0.2) is 9.97 Å². The van der Waals surface area contributed by atoms with Crippen LogP contribution >= 0.6 is 0 Å². The molecule has 0 amide bonds. The lowest BCUT2D eigenvalue weighted by Gasteiger charge is -2.28. The van der Waals surface area contributed by atoms with Gasteiger partial charge in [0, 0.05) is 11.8 Å². The monoisotopic (exact) mass is 429 g/mol. The van der Waals surface area contributed by atoms with E-state index in [-0.39, 0.29) is 0 Å². The second-order valence-electron chi connectivity index (χ2n) is 8.56. The lowest BCUT2D eigenvalue weighted by atomic mass is 9.85. The van der Waals surface area contributed by atoms with Gasteiger partial charge in [-0.05, 0) is 35.1 Å². The van der Waals surface area contributed by atoms with Crippen LogP contribution in [0.4, 0.5) is 0 Å². The fraction of sp³-hybridized carbons (Fsp3) is 0.100. The summed E-state index contributed by atoms with van der Waals surface area (Å²) in [6, 6.07) is 39.7. The Morgan fingerprint density at radius 2 is 1.03 bits per heavy atom. The minimum absolute atomic E-state index is 0.648. The quantitative estimate of drug-likeness (QED) is 0.315. The highest BCUT2D eigenvalue weighted by Gasteiger charge is 2.31. The number of rotatable bonds is 7. The fourth-order valence-corrected chi connectivity index (χ4v) is 4.34. The molecule has 0 saturated carbocycles. The van der Waals surface area contributed by atoms with Crippen LogP contribution in [0.2, 0.25) is 0 Å². The number of hydrogen-bond acceptors (Lipinski definition) is 2. The van der Waals surface area contributed by atoms with Crippen molar-refractivity contribution in [2.75, 3.05) is 0 Å². The van der Waals surface area contributed by atoms with E-state index in [1.807, 2.05) is 24.4 Å². The summed E-state index contributed by atoms with van der Waals surface area (Å²) in [5.74, 6) is 0.803. The summed E-state index contributed by atoms with van der Waals surface area (Å²) >= 11 is 0. The molecule has 0 radical (unpaired) electrons. The van der Waals surface area contributed by atoms with Crippen molar-refractivity contribution in [1.82, 2.24) is 9.97 Å². The number of aromatic amines is 1. The molecule has 0 aliphatic rings. The Bertz CT molecular complexity index is 1250. The standard InChI is InChI=1S/C30H27N3/c31-30(20-23-10-4-1-5-11-23,21-24-12-6-2-7-13-24)29-32-22-28(33-29)27-18-16-26(17-19-27)25-14-8-3-9-15-25/h1-19,22H,20-21,31H2,(H,32,33). The number of H-pyrrole nitrogens is 1. The molecule has 1 aromatic heterocycles. The van der Waals surface area contributed by atoms with Gasteiger partial charge in [-0.3, -0.25) is 0 Å². The first-order valence-electron chi connectivity index (χ1n) is 11.3. The number of nitrogens with one attached hydrogen (secondary N) is 1. The molecule has 3 nitrogen and oxygen atoms in total. The smallest absolute Gasteiger partial charge is 0.127 e. The normalized spacial score (nSPS) is 11.4. The number of nitrogens with two attached hydrogens (primary N) is 1. The zero-order valence-corrected chi connectivity index (χ0v) is 18.5. The third-order valence-corrected chi connectivity index (χ3v) is 6.06. The molecule has 0 atom stereocenters. The average molecular weight is 430 g/mol. The second-order valence-corrected chi connectivity index (χ2v) is 8.56. The largest absolute Gasteiger partial charge is 0.346 e. The highest BCUT2D eigenvalue weighted by Crippen LogP contribution is 2.29. The number of imidazole rings is 1. The topological polar surface area (TPSA) is 54.7 Å². The second kappa shape index (κ2) is 9.27. The van der Waals surface area contributed by atoms with Gasteiger partial charge >= 0.3 is 0 Å². The molecule has 3 heteroatoms. The van der Waals surface area contributed by atoms with Crippen LogP contribution in [0.1, 0.15) is 17.0 Å². The molecule has 5 aromatic rings. The number of aromatic nitrogens is 2. The number of nitrogens with zero attached hydrogens (tertiary/aromatic N) is 1. The molecule has 0 unspecified atom stereocenters. The van der Waals surface area contributed by atoms with Crippen molar-refractivity contribution in [3.05, 3.63) is 138 Å². The third-order valence-electron chi connectivity index (χ3n) is 6.06. The number of hydrogen-bond donors (Lipinski definition) is 2. The summed E-state index contributed by atoms with van der Waals surface area (Å²) in [6.45, 7) is 0. The Balaban J connectivity index is 1.45. The molecule has 1 heterocycles. The zero-order valence-electron chi connectivity index (χ0n) is 18.5. The molecule has 0 fully saturated rings. The number of benzene rings is 4. The highest BCUT2D eigenvalue weighted by atomic mass is 15.0. The Kier molecular flexibility index (Phi) is 5.88. The predicted molar refractivity (Wildman–Crippen MR) is 136 cm³/mol. The molecular formula is C30H27N3. The van der Waals surface area contributed by atoms with Gasteiger partial charge in [-0.2, -0.15) is 0 Å². The van der Waals surface area contributed by atoms with E-state index in [0.717, 1.165) is 17.1 Å². The maximum absolute atomic E-state index is 7.08. The van der Waals surface area contributed by atoms with E-state index >= 15 is 0 Å². The molecule has 0 spiro atoms. The predicted octanol–water partition coefficient (Wildman–Crippen LogP) is 6.38. The van der Waals surface area contributed by atoms with Gasteiger partial charge in [0.25, 0.3) is 0 Å². The van der Waals surface area contributed by atoms with Crippen molar-refractivity contribution < 1.29 is 0 Å². The van der Waals surface area contributed by atoms with Crippen LogP contribution in [0, 0.1) is 0 Å². The van der Waals surface area contributed by atoms with Crippen LogP contribution in [0.15, 0.2) is 121 Å². The molecule has 0 saturated heterocycles. The first-order chi connectivity index (χ1) is 16.2. The van der Waals surface area contributed by atoms with Crippen LogP contribution in [-0.2, 0) is 18.4 Å². The molecule has 162 valence electrons. The fourth-order valence-electron chi connectivity index (χ4n) is 4.34. The Morgan fingerprint density at radius 3 is 1.58 bits per heavy atom. The van der Waals surface area contributed by atoms with Crippen molar-refractivity contribution >= 4 is 0 Å². The van der Waals surface area contributed by atoms with E-state index in [0.29, 0.717) is 12.8 Å². The van der Waals surface area contributed by atoms with Crippen LogP contribution in [0.5, 0.6) is 0 Å². The minimum atomic E-state index is -0.648. The zero-order chi connectivity index (χ0) is 22.5. The highest BCUT2D eigenvalue weighted by molar-refractivity contribution is 5.68. The van der Waals surface area contributed by atoms with Gasteiger partial charge in [0.15, 0.2) is 0 Å². The Morgan fingerprint density at radius 1 is 0.576 bits per heavy atom. The van der Waals surface area contributed by atoms with Gasteiger partial charge in [-0.15, -0.1) is 0 Å². The average Bonchev–Trinajstić information content (AvgIpc) is 3.37. The van der Waals surface area contributed by atoms with E-state index < -0.39 is 5.54 Å². The molecule has 0 bridgehead atoms. The van der Waals surface area contributed by atoms with E-state index in [1.165, 1.54) is 22.3 Å². The Labute approximate surface area is 195 Å². The SMILES string of the molecule is NC(Cc1ccccc1)(Cc1ccccc1)c1nc(-c2ccc(-c3ccccc3)cc2)c[nH]1. The maximum Gasteiger partial charge on any atom is 0.127 e. The van der Waals surface area contributed by atoms with Gasteiger partial charge in [0.2, 0.25) is 0 Å². The first-order valence-corrected chi connectivity index (χ1v) is 11.3. The van der Waals surface area contributed by atoms with Crippen molar-refractivity contribution in [3.8, 4) is 22.4 Å². The van der Waals surface area contributed by atoms with E-state index in [9.17, 15) is 0 Å². The van der Waals surface area contributed by atoms with Gasteiger partial charge in [-0.1, -0.05) is 115 Å². The summed E-state index contributed by atoms with van der Waals surface area (Å²) in [5, 5.41) is 0. The summed E-state index contributed by atoms with van der Waals surface area (Å²) in [7, 11) is 0. The summed E-state index contributed by atoms with van der Waals surface area (Å²) in [5.41, 5.74) is 13.2. The lowest BCUT2D eigenvalue weighted by Crippen LogP contribution is -2.42. The molecule has 4 aromatic carbocycles. The van der Waals surface area contributed by atoms with Crippen molar-refractivity contribution in [3.63, 3.8) is 0 Å². The lowest BCUT2D eigenvalue weighted by molar-refractivity contribution is 0.414. The Hall–Kier alpha value is -3.95. The molecule has 33 heavy (non-hydrogen) atoms. The summed E-state index contributed by atoms with van der Waals surface area (Å²) < 4.78 is 0. The maximum atomic E-state index is 7.08. The third kappa shape index (κ3) is 4.79. The first kappa shape index (κ1) is 20.9. The van der Waals surface area contributed by atoms with Crippen LogP contribution < -0.4 is 5.73 Å². The van der Waals surface area contributed by atoms with E-state index in [4.69, 9.17) is 10.7 Å². The van der Waals surface area contributed by atoms with Crippen LogP contribution in [0.3, 0.4) is 0 Å². The molecule has 3 N–H and O–H groups in total. The van der Waals surface area contributed by atoms with Crippen molar-refractivity contribution in [2.45, 2.75) is 18.4 Å². The van der Waals surface area contributed by atoms with Crippen molar-refractivity contribution in [1.29, 1.82) is 0 Å². The molecular weight excluding hydrogens is 402 g/mol. The van der Waals surface area contributed by atoms with Gasteiger partial charge in [0.1, 0.15) is 5.82 Å². The van der Waals surface area contributed by atoms with Crippen molar-refractivity contribution in [2.24, 2.45) is 5.73 Å². The van der Waals surface area contributed by atoms with E-state index in [2.05, 4.69) is 102 Å². The minimum Gasteiger partial charge on any atom is -0.346 e. The molecule has 0 aliphatic heterocycles. The molecule has 5 rings (SSSR count). The summed E-state index contributed by atoms with van der Waals surface area (Å²) in [4.78, 5) is 8.36. The summed E-state index contributed by atoms with van der Waals surface area (Å²) in [6.07, 6.45) is 3.36. The van der Waals surface area contributed by atoms with Crippen LogP contribution in [0.25, 0.3) is 22.4 Å². The molecule has 0 aliphatic carbocycles. The van der Waals surface area contributed by atoms with E-state index in [1.54, 1.807) is 0 Å². The van der Waals surface area contributed by atoms with Gasteiger partial charge in [-0.25, -0.2) is 4.98 Å². The van der Waals surface area contributed by atoms with Gasteiger partial charge in [0.05, 0.1) is 11.2 Å². The van der Waals surface area contributed by atoms with Gasteiger partial charge < -0.3 is 10.7 Å².